The second kappa shape index (κ2) is 11.2. The number of carboxylic acids is 1. The first kappa shape index (κ1) is 26.9. The van der Waals surface area contributed by atoms with Crippen molar-refractivity contribution < 1.29 is 23.8 Å². The van der Waals surface area contributed by atoms with Crippen molar-refractivity contribution in [3.8, 4) is 11.3 Å². The van der Waals surface area contributed by atoms with Crippen LogP contribution >= 0.6 is 34.3 Å². The van der Waals surface area contributed by atoms with E-state index in [4.69, 9.17) is 25.7 Å². The number of carbonyl (C=O) groups excluding carboxylic acids is 1. The molecule has 0 spiro atoms. The van der Waals surface area contributed by atoms with Crippen molar-refractivity contribution in [2.24, 2.45) is 4.99 Å². The van der Waals surface area contributed by atoms with Crippen molar-refractivity contribution in [2.45, 2.75) is 32.7 Å². The number of fused-ring (bicyclic) bond motifs is 1. The molecule has 4 aromatic rings. The van der Waals surface area contributed by atoms with E-state index in [0.717, 1.165) is 11.3 Å². The highest BCUT2D eigenvalue weighted by Crippen LogP contribution is 2.34. The van der Waals surface area contributed by atoms with Gasteiger partial charge in [-0.15, -0.1) is 11.3 Å². The summed E-state index contributed by atoms with van der Waals surface area (Å²) in [6.45, 7) is 3.98. The Labute approximate surface area is 235 Å². The highest BCUT2D eigenvalue weighted by atomic mass is 35.5. The predicted octanol–water partition coefficient (Wildman–Crippen LogP) is 5.25. The number of nitrogens with zero attached hydrogens (tertiary/aromatic N) is 2. The number of esters is 1. The summed E-state index contributed by atoms with van der Waals surface area (Å²) >= 11 is 8.81. The summed E-state index contributed by atoms with van der Waals surface area (Å²) in [4.78, 5) is 44.2. The lowest BCUT2D eigenvalue weighted by Gasteiger charge is -2.24. The third-order valence-corrected chi connectivity index (χ3v) is 8.31. The van der Waals surface area contributed by atoms with Crippen LogP contribution in [0.3, 0.4) is 0 Å². The first-order chi connectivity index (χ1) is 18.8. The molecule has 8 nitrogen and oxygen atoms in total. The molecule has 1 aliphatic rings. The molecule has 0 radical (unpaired) electrons. The van der Waals surface area contributed by atoms with Gasteiger partial charge in [-0.25, -0.2) is 14.6 Å². The molecule has 1 aromatic carbocycles. The van der Waals surface area contributed by atoms with Gasteiger partial charge in [0.15, 0.2) is 4.80 Å². The van der Waals surface area contributed by atoms with Gasteiger partial charge in [-0.3, -0.25) is 9.36 Å². The lowest BCUT2D eigenvalue weighted by Crippen LogP contribution is -2.39. The number of carbonyl (C=O) groups is 2. The van der Waals surface area contributed by atoms with Crippen molar-refractivity contribution in [1.29, 1.82) is 0 Å². The molecule has 0 aliphatic carbocycles. The maximum absolute atomic E-state index is 13.7. The van der Waals surface area contributed by atoms with Crippen LogP contribution in [0.2, 0.25) is 5.02 Å². The van der Waals surface area contributed by atoms with Crippen molar-refractivity contribution >= 4 is 52.3 Å². The Kier molecular flexibility index (Phi) is 7.69. The molecular weight excluding hydrogens is 560 g/mol. The number of allylic oxidation sites excluding steroid dienone is 1. The van der Waals surface area contributed by atoms with Crippen LogP contribution in [0.15, 0.2) is 73.3 Å². The average molecular weight is 583 g/mol. The summed E-state index contributed by atoms with van der Waals surface area (Å²) in [7, 11) is 0. The Morgan fingerprint density at radius 3 is 2.72 bits per heavy atom. The number of halogens is 1. The molecule has 39 heavy (non-hydrogen) atoms. The Bertz CT molecular complexity index is 1780. The minimum Gasteiger partial charge on any atom is -0.478 e. The molecule has 0 bridgehead atoms. The Balaban J connectivity index is 1.61. The number of furan rings is 1. The van der Waals surface area contributed by atoms with E-state index < -0.39 is 18.0 Å². The zero-order valence-electron chi connectivity index (χ0n) is 21.0. The summed E-state index contributed by atoms with van der Waals surface area (Å²) in [5.41, 5.74) is 1.33. The molecule has 1 aliphatic heterocycles. The lowest BCUT2D eigenvalue weighted by atomic mass is 9.99. The van der Waals surface area contributed by atoms with Crippen molar-refractivity contribution in [3.63, 3.8) is 0 Å². The highest BCUT2D eigenvalue weighted by Gasteiger charge is 2.34. The van der Waals surface area contributed by atoms with Crippen LogP contribution in [0.25, 0.3) is 17.4 Å². The van der Waals surface area contributed by atoms with Gasteiger partial charge in [0, 0.05) is 16.5 Å². The fourth-order valence-corrected chi connectivity index (χ4v) is 6.48. The number of ether oxygens (including phenoxy) is 1. The van der Waals surface area contributed by atoms with E-state index in [0.29, 0.717) is 44.1 Å². The Morgan fingerprint density at radius 2 is 2.05 bits per heavy atom. The first-order valence-electron chi connectivity index (χ1n) is 12.2. The highest BCUT2D eigenvalue weighted by molar-refractivity contribution is 7.10. The van der Waals surface area contributed by atoms with Crippen molar-refractivity contribution in [3.05, 3.63) is 100 Å². The second-order valence-electron chi connectivity index (χ2n) is 8.63. The summed E-state index contributed by atoms with van der Waals surface area (Å²) in [6, 6.07) is 11.1. The second-order valence-corrected chi connectivity index (χ2v) is 11.0. The third kappa shape index (κ3) is 5.15. The van der Waals surface area contributed by atoms with Gasteiger partial charge in [-0.2, -0.15) is 0 Å². The SMILES string of the molecule is CCCC1=C(C(=O)OCC)[C@@H](c2cccs2)n2c(s/c(=C\c3ccc(-c4ccc(C(=O)O)c(Cl)c4)o3)c2=O)=N1. The van der Waals surface area contributed by atoms with Gasteiger partial charge in [-0.1, -0.05) is 48.4 Å². The van der Waals surface area contributed by atoms with E-state index in [9.17, 15) is 19.5 Å². The number of benzene rings is 1. The van der Waals surface area contributed by atoms with Crippen LogP contribution in [0.1, 0.15) is 53.7 Å². The lowest BCUT2D eigenvalue weighted by molar-refractivity contribution is -0.139. The molecule has 11 heteroatoms. The number of aromatic carboxylic acids is 1. The zero-order valence-corrected chi connectivity index (χ0v) is 23.4. The number of hydrogen-bond acceptors (Lipinski definition) is 8. The van der Waals surface area contributed by atoms with E-state index in [1.54, 1.807) is 35.8 Å². The maximum Gasteiger partial charge on any atom is 0.338 e. The minimum absolute atomic E-state index is 0.00164. The quantitative estimate of drug-likeness (QED) is 0.284. The van der Waals surface area contributed by atoms with E-state index in [1.165, 1.54) is 34.8 Å². The number of thiophene rings is 1. The molecule has 200 valence electrons. The summed E-state index contributed by atoms with van der Waals surface area (Å²) in [5.74, 6) is -0.685. The Hall–Kier alpha value is -3.73. The van der Waals surface area contributed by atoms with Crippen molar-refractivity contribution in [2.75, 3.05) is 6.61 Å². The largest absolute Gasteiger partial charge is 0.478 e. The number of rotatable bonds is 8. The molecule has 0 saturated heterocycles. The topological polar surface area (TPSA) is 111 Å². The van der Waals surface area contributed by atoms with Gasteiger partial charge in [0.2, 0.25) is 0 Å². The standard InChI is InChI=1S/C28H23ClN2O6S2/c1-3-6-19-23(27(35)36-4-2)24(21-7-5-12-38-21)31-25(32)22(39-28(31)30-19)14-16-9-11-20(37-16)15-8-10-17(26(33)34)18(29)13-15/h5,7-14,24H,3-4,6H2,1-2H3,(H,33,34)/b22-14-/t24-/m1/s1. The molecule has 5 rings (SSSR count). The fraction of sp³-hybridized carbons (Fsp3) is 0.214. The summed E-state index contributed by atoms with van der Waals surface area (Å²) < 4.78 is 13.3. The normalized spacial score (nSPS) is 15.3. The average Bonchev–Trinajstić information content (AvgIpc) is 3.65. The number of aromatic nitrogens is 1. The molecule has 0 saturated carbocycles. The van der Waals surface area contributed by atoms with Crippen LogP contribution in [0, 0.1) is 0 Å². The van der Waals surface area contributed by atoms with Gasteiger partial charge >= 0.3 is 11.9 Å². The zero-order chi connectivity index (χ0) is 27.7. The molecule has 0 fully saturated rings. The first-order valence-corrected chi connectivity index (χ1v) is 14.3. The van der Waals surface area contributed by atoms with E-state index >= 15 is 0 Å². The monoisotopic (exact) mass is 582 g/mol. The van der Waals surface area contributed by atoms with Gasteiger partial charge in [0.1, 0.15) is 17.6 Å². The molecule has 1 atom stereocenters. The molecule has 1 N–H and O–H groups in total. The van der Waals surface area contributed by atoms with Gasteiger partial charge in [-0.05, 0) is 49.1 Å². The molecule has 3 aromatic heterocycles. The molecule has 0 amide bonds. The predicted molar refractivity (Wildman–Crippen MR) is 150 cm³/mol. The van der Waals surface area contributed by atoms with E-state index in [2.05, 4.69) is 0 Å². The maximum atomic E-state index is 13.7. The number of carboxylic acid groups (broad SMARTS) is 1. The molecule has 4 heterocycles. The van der Waals surface area contributed by atoms with E-state index in [-0.39, 0.29) is 22.8 Å². The molecular formula is C28H23ClN2O6S2. The smallest absolute Gasteiger partial charge is 0.338 e. The third-order valence-electron chi connectivity index (χ3n) is 6.09. The van der Waals surface area contributed by atoms with E-state index in [1.807, 2.05) is 24.4 Å². The van der Waals surface area contributed by atoms with Crippen LogP contribution in [0.5, 0.6) is 0 Å². The molecule has 0 unspecified atom stereocenters. The van der Waals surface area contributed by atoms with Gasteiger partial charge in [0.25, 0.3) is 5.56 Å². The van der Waals surface area contributed by atoms with Gasteiger partial charge in [0.05, 0.1) is 33.0 Å². The fourth-order valence-electron chi connectivity index (χ4n) is 4.39. The minimum atomic E-state index is -1.11. The van der Waals surface area contributed by atoms with Crippen molar-refractivity contribution in [1.82, 2.24) is 4.57 Å². The van der Waals surface area contributed by atoms with Crippen LogP contribution < -0.4 is 14.9 Å². The van der Waals surface area contributed by atoms with Gasteiger partial charge < -0.3 is 14.3 Å². The number of thiazole rings is 1. The van der Waals surface area contributed by atoms with Crippen LogP contribution in [0.4, 0.5) is 0 Å². The Morgan fingerprint density at radius 1 is 1.23 bits per heavy atom. The van der Waals surface area contributed by atoms with Crippen LogP contribution in [-0.4, -0.2) is 28.2 Å². The summed E-state index contributed by atoms with van der Waals surface area (Å²) in [5, 5.41) is 11.2. The number of hydrogen-bond donors (Lipinski definition) is 1. The van der Waals surface area contributed by atoms with Crippen LogP contribution in [-0.2, 0) is 9.53 Å². The summed E-state index contributed by atoms with van der Waals surface area (Å²) in [6.07, 6.45) is 2.99.